The molecule has 1 fully saturated rings. The molecule has 2 aliphatic heterocycles. The molecule has 0 bridgehead atoms. The minimum atomic E-state index is -0.580. The predicted molar refractivity (Wildman–Crippen MR) is 107 cm³/mol. The maximum absolute atomic E-state index is 13.1. The molecular formula is C23H26N2O3. The standard InChI is InChI=1S/C23H26N2O3/c1-23(2,18-9-4-3-5-10-18)22(27)25-14-12-24(13-15-25)21(26)20-16-17-8-6-7-11-19(17)28-20/h3-11,20H,12-16H2,1-2H3/t20-/m0/s1. The SMILES string of the molecule is CC(C)(C(=O)N1CCN(C(=O)[C@@H]2Cc3ccccc3O2)CC1)c1ccccc1. The number of piperazine rings is 1. The Labute approximate surface area is 165 Å². The second-order valence-corrected chi connectivity index (χ2v) is 8.03. The van der Waals surface area contributed by atoms with Crippen LogP contribution in [-0.2, 0) is 21.4 Å². The molecule has 146 valence electrons. The zero-order valence-electron chi connectivity index (χ0n) is 16.4. The first kappa shape index (κ1) is 18.5. The van der Waals surface area contributed by atoms with Gasteiger partial charge in [0.15, 0.2) is 6.10 Å². The third-order valence-electron chi connectivity index (χ3n) is 5.83. The first-order valence-electron chi connectivity index (χ1n) is 9.85. The van der Waals surface area contributed by atoms with Crippen molar-refractivity contribution in [3.8, 4) is 5.75 Å². The summed E-state index contributed by atoms with van der Waals surface area (Å²) in [5.41, 5.74) is 1.51. The molecule has 4 rings (SSSR count). The summed E-state index contributed by atoms with van der Waals surface area (Å²) in [5, 5.41) is 0. The molecule has 0 N–H and O–H groups in total. The first-order valence-corrected chi connectivity index (χ1v) is 9.85. The molecule has 2 aromatic carbocycles. The number of carbonyl (C=O) groups excluding carboxylic acids is 2. The van der Waals surface area contributed by atoms with E-state index in [9.17, 15) is 9.59 Å². The lowest BCUT2D eigenvalue weighted by Crippen LogP contribution is -2.56. The molecule has 0 spiro atoms. The molecule has 0 unspecified atom stereocenters. The van der Waals surface area contributed by atoms with E-state index < -0.39 is 11.5 Å². The van der Waals surface area contributed by atoms with Gasteiger partial charge in [-0.2, -0.15) is 0 Å². The lowest BCUT2D eigenvalue weighted by Gasteiger charge is -2.39. The van der Waals surface area contributed by atoms with Gasteiger partial charge in [-0.25, -0.2) is 0 Å². The highest BCUT2D eigenvalue weighted by molar-refractivity contribution is 5.88. The van der Waals surface area contributed by atoms with Crippen LogP contribution in [0.2, 0.25) is 0 Å². The zero-order valence-corrected chi connectivity index (χ0v) is 16.4. The minimum absolute atomic E-state index is 0.0191. The lowest BCUT2D eigenvalue weighted by atomic mass is 9.83. The summed E-state index contributed by atoms with van der Waals surface area (Å²) in [6.07, 6.45) is 0.176. The van der Waals surface area contributed by atoms with Crippen molar-refractivity contribution in [1.29, 1.82) is 0 Å². The van der Waals surface area contributed by atoms with Crippen molar-refractivity contribution in [2.24, 2.45) is 0 Å². The van der Waals surface area contributed by atoms with E-state index in [1.165, 1.54) is 0 Å². The van der Waals surface area contributed by atoms with Crippen molar-refractivity contribution >= 4 is 11.8 Å². The zero-order chi connectivity index (χ0) is 19.7. The highest BCUT2D eigenvalue weighted by Crippen LogP contribution is 2.30. The molecule has 5 nitrogen and oxygen atoms in total. The number of rotatable bonds is 3. The van der Waals surface area contributed by atoms with Crippen LogP contribution in [0.1, 0.15) is 25.0 Å². The van der Waals surface area contributed by atoms with Crippen molar-refractivity contribution in [1.82, 2.24) is 9.80 Å². The Morgan fingerprint density at radius 2 is 1.50 bits per heavy atom. The normalized spacial score (nSPS) is 19.1. The summed E-state index contributed by atoms with van der Waals surface area (Å²) >= 11 is 0. The van der Waals surface area contributed by atoms with Crippen LogP contribution >= 0.6 is 0 Å². The third-order valence-corrected chi connectivity index (χ3v) is 5.83. The maximum atomic E-state index is 13.1. The van der Waals surface area contributed by atoms with Gasteiger partial charge in [0, 0.05) is 32.6 Å². The number of nitrogens with zero attached hydrogens (tertiary/aromatic N) is 2. The van der Waals surface area contributed by atoms with Gasteiger partial charge < -0.3 is 14.5 Å². The Balaban J connectivity index is 1.36. The Hall–Kier alpha value is -2.82. The fourth-order valence-corrected chi connectivity index (χ4v) is 4.03. The van der Waals surface area contributed by atoms with Crippen LogP contribution < -0.4 is 4.74 Å². The fourth-order valence-electron chi connectivity index (χ4n) is 4.03. The van der Waals surface area contributed by atoms with Crippen molar-refractivity contribution < 1.29 is 14.3 Å². The molecule has 0 radical (unpaired) electrons. The van der Waals surface area contributed by atoms with Crippen molar-refractivity contribution in [3.63, 3.8) is 0 Å². The molecule has 0 aromatic heterocycles. The average molecular weight is 378 g/mol. The highest BCUT2D eigenvalue weighted by Gasteiger charge is 2.38. The number of hydrogen-bond donors (Lipinski definition) is 0. The number of carbonyl (C=O) groups is 2. The number of fused-ring (bicyclic) bond motifs is 1. The summed E-state index contributed by atoms with van der Waals surface area (Å²) < 4.78 is 5.84. The number of ether oxygens (including phenoxy) is 1. The van der Waals surface area contributed by atoms with Gasteiger partial charge in [0.25, 0.3) is 5.91 Å². The summed E-state index contributed by atoms with van der Waals surface area (Å²) in [6, 6.07) is 17.7. The van der Waals surface area contributed by atoms with Crippen LogP contribution in [0.3, 0.4) is 0 Å². The summed E-state index contributed by atoms with van der Waals surface area (Å²) in [6.45, 7) is 6.13. The van der Waals surface area contributed by atoms with Crippen LogP contribution in [-0.4, -0.2) is 53.9 Å². The van der Waals surface area contributed by atoms with Crippen molar-refractivity contribution in [3.05, 3.63) is 65.7 Å². The predicted octanol–water partition coefficient (Wildman–Crippen LogP) is 2.64. The second kappa shape index (κ2) is 7.30. The molecule has 2 aromatic rings. The molecule has 0 aliphatic carbocycles. The van der Waals surface area contributed by atoms with Crippen LogP contribution in [0.4, 0.5) is 0 Å². The Bertz CT molecular complexity index is 845. The van der Waals surface area contributed by atoms with E-state index >= 15 is 0 Å². The highest BCUT2D eigenvalue weighted by atomic mass is 16.5. The molecule has 1 atom stereocenters. The molecule has 0 saturated carbocycles. The van der Waals surface area contributed by atoms with E-state index in [1.807, 2.05) is 78.2 Å². The smallest absolute Gasteiger partial charge is 0.264 e. The van der Waals surface area contributed by atoms with E-state index in [2.05, 4.69) is 0 Å². The van der Waals surface area contributed by atoms with Gasteiger partial charge in [-0.1, -0.05) is 48.5 Å². The molecule has 28 heavy (non-hydrogen) atoms. The third kappa shape index (κ3) is 3.37. The molecule has 1 saturated heterocycles. The van der Waals surface area contributed by atoms with Gasteiger partial charge in [0.2, 0.25) is 5.91 Å². The summed E-state index contributed by atoms with van der Waals surface area (Å²) in [5.74, 6) is 0.931. The van der Waals surface area contributed by atoms with Crippen LogP contribution in [0.25, 0.3) is 0 Å². The lowest BCUT2D eigenvalue weighted by molar-refractivity contribution is -0.145. The topological polar surface area (TPSA) is 49.9 Å². The first-order chi connectivity index (χ1) is 13.5. The Kier molecular flexibility index (Phi) is 4.84. The fraction of sp³-hybridized carbons (Fsp3) is 0.391. The van der Waals surface area contributed by atoms with Gasteiger partial charge in [-0.15, -0.1) is 0 Å². The Morgan fingerprint density at radius 3 is 2.18 bits per heavy atom. The quantitative estimate of drug-likeness (QED) is 0.825. The number of amides is 2. The number of benzene rings is 2. The molecule has 2 amide bonds. The largest absolute Gasteiger partial charge is 0.480 e. The minimum Gasteiger partial charge on any atom is -0.480 e. The monoisotopic (exact) mass is 378 g/mol. The summed E-state index contributed by atoms with van der Waals surface area (Å²) in [4.78, 5) is 29.7. The van der Waals surface area contributed by atoms with Crippen molar-refractivity contribution in [2.45, 2.75) is 31.8 Å². The average Bonchev–Trinajstić information content (AvgIpc) is 3.17. The van der Waals surface area contributed by atoms with E-state index in [-0.39, 0.29) is 11.8 Å². The number of hydrogen-bond acceptors (Lipinski definition) is 3. The van der Waals surface area contributed by atoms with Crippen LogP contribution in [0.15, 0.2) is 54.6 Å². The van der Waals surface area contributed by atoms with Crippen molar-refractivity contribution in [2.75, 3.05) is 26.2 Å². The molecule has 5 heteroatoms. The molecular weight excluding hydrogens is 352 g/mol. The van der Waals surface area contributed by atoms with Gasteiger partial charge >= 0.3 is 0 Å². The van der Waals surface area contributed by atoms with Gasteiger partial charge in [-0.3, -0.25) is 9.59 Å². The second-order valence-electron chi connectivity index (χ2n) is 8.03. The van der Waals surface area contributed by atoms with E-state index in [4.69, 9.17) is 4.74 Å². The van der Waals surface area contributed by atoms with Crippen LogP contribution in [0, 0.1) is 0 Å². The number of para-hydroxylation sites is 1. The molecule has 2 heterocycles. The Morgan fingerprint density at radius 1 is 0.893 bits per heavy atom. The van der Waals surface area contributed by atoms with Crippen LogP contribution in [0.5, 0.6) is 5.75 Å². The molecule has 2 aliphatic rings. The summed E-state index contributed by atoms with van der Waals surface area (Å²) in [7, 11) is 0. The van der Waals surface area contributed by atoms with E-state index in [0.717, 1.165) is 16.9 Å². The van der Waals surface area contributed by atoms with E-state index in [1.54, 1.807) is 0 Å². The van der Waals surface area contributed by atoms with Gasteiger partial charge in [-0.05, 0) is 31.0 Å². The maximum Gasteiger partial charge on any atom is 0.264 e. The van der Waals surface area contributed by atoms with Gasteiger partial charge in [0.05, 0.1) is 5.41 Å². The van der Waals surface area contributed by atoms with E-state index in [0.29, 0.717) is 32.6 Å². The van der Waals surface area contributed by atoms with Gasteiger partial charge in [0.1, 0.15) is 5.75 Å².